The fourth-order valence-corrected chi connectivity index (χ4v) is 4.49. The lowest BCUT2D eigenvalue weighted by atomic mass is 9.97. The van der Waals surface area contributed by atoms with E-state index >= 15 is 0 Å². The van der Waals surface area contributed by atoms with Crippen molar-refractivity contribution in [1.29, 1.82) is 0 Å². The third-order valence-electron chi connectivity index (χ3n) is 5.98. The number of carbonyl (C=O) groups is 1. The van der Waals surface area contributed by atoms with Crippen LogP contribution in [0, 0.1) is 0 Å². The number of benzene rings is 2. The summed E-state index contributed by atoms with van der Waals surface area (Å²) in [4.78, 5) is 31.1. The predicted molar refractivity (Wildman–Crippen MR) is 129 cm³/mol. The number of methoxy groups -OCH3 is 2. The Hall–Kier alpha value is -3.52. The molecule has 0 radical (unpaired) electrons. The molecule has 8 heteroatoms. The molecule has 1 atom stereocenters. The highest BCUT2D eigenvalue weighted by molar-refractivity contribution is 5.99. The normalized spacial score (nSPS) is 15.2. The van der Waals surface area contributed by atoms with Crippen LogP contribution in [0.4, 0.5) is 0 Å². The Balaban J connectivity index is 1.92. The highest BCUT2D eigenvalue weighted by atomic mass is 16.5. The SMILES string of the molecule is CCOc1ccc2c(=O)c3c(oc2c1)C(=O)N(CCCN(C)C)C3c1cccc(OC)c1OC. The van der Waals surface area contributed by atoms with Gasteiger partial charge in [0.25, 0.3) is 5.91 Å². The molecular formula is C26H30N2O6. The lowest BCUT2D eigenvalue weighted by Gasteiger charge is -2.27. The molecule has 8 nitrogen and oxygen atoms in total. The second-order valence-corrected chi connectivity index (χ2v) is 8.41. The monoisotopic (exact) mass is 466 g/mol. The van der Waals surface area contributed by atoms with E-state index in [4.69, 9.17) is 18.6 Å². The van der Waals surface area contributed by atoms with Crippen LogP contribution in [-0.2, 0) is 0 Å². The summed E-state index contributed by atoms with van der Waals surface area (Å²) >= 11 is 0. The number of rotatable bonds is 9. The van der Waals surface area contributed by atoms with Crippen molar-refractivity contribution in [2.45, 2.75) is 19.4 Å². The summed E-state index contributed by atoms with van der Waals surface area (Å²) in [6.45, 7) is 3.61. The van der Waals surface area contributed by atoms with Gasteiger partial charge in [-0.3, -0.25) is 9.59 Å². The molecule has 0 spiro atoms. The van der Waals surface area contributed by atoms with Crippen LogP contribution in [0.5, 0.6) is 17.2 Å². The number of amides is 1. The highest BCUT2D eigenvalue weighted by Crippen LogP contribution is 2.44. The molecule has 1 unspecified atom stereocenters. The summed E-state index contributed by atoms with van der Waals surface area (Å²) in [6.07, 6.45) is 0.734. The number of nitrogens with zero attached hydrogens (tertiary/aromatic N) is 2. The van der Waals surface area contributed by atoms with E-state index in [0.29, 0.717) is 52.5 Å². The van der Waals surface area contributed by atoms with E-state index in [1.54, 1.807) is 43.4 Å². The molecule has 1 aliphatic rings. The number of hydrogen-bond donors (Lipinski definition) is 0. The van der Waals surface area contributed by atoms with Crippen molar-refractivity contribution in [2.75, 3.05) is 48.0 Å². The highest BCUT2D eigenvalue weighted by Gasteiger charge is 2.44. The van der Waals surface area contributed by atoms with E-state index in [0.717, 1.165) is 13.0 Å². The van der Waals surface area contributed by atoms with Gasteiger partial charge in [-0.1, -0.05) is 12.1 Å². The Morgan fingerprint density at radius 1 is 1.09 bits per heavy atom. The van der Waals surface area contributed by atoms with Gasteiger partial charge in [0, 0.05) is 18.2 Å². The molecule has 0 aliphatic carbocycles. The summed E-state index contributed by atoms with van der Waals surface area (Å²) in [5.74, 6) is 1.34. The van der Waals surface area contributed by atoms with E-state index in [-0.39, 0.29) is 17.1 Å². The Kier molecular flexibility index (Phi) is 6.79. The van der Waals surface area contributed by atoms with E-state index in [2.05, 4.69) is 4.90 Å². The summed E-state index contributed by atoms with van der Waals surface area (Å²) in [6, 6.07) is 9.90. The van der Waals surface area contributed by atoms with Crippen LogP contribution in [-0.4, -0.2) is 63.7 Å². The largest absolute Gasteiger partial charge is 0.494 e. The summed E-state index contributed by atoms with van der Waals surface area (Å²) in [7, 11) is 7.07. The maximum Gasteiger partial charge on any atom is 0.290 e. The molecule has 2 heterocycles. The number of ether oxygens (including phenoxy) is 3. The van der Waals surface area contributed by atoms with Crippen LogP contribution < -0.4 is 19.6 Å². The van der Waals surface area contributed by atoms with Crippen LogP contribution >= 0.6 is 0 Å². The molecule has 0 N–H and O–H groups in total. The van der Waals surface area contributed by atoms with Crippen LogP contribution in [0.1, 0.15) is 41.1 Å². The van der Waals surface area contributed by atoms with E-state index in [1.807, 2.05) is 33.2 Å². The standard InChI is InChI=1S/C26H30N2O6/c1-6-33-16-11-12-17-20(15-16)34-25-21(23(17)29)22(28(26(25)30)14-8-13-27(2)3)18-9-7-10-19(31-4)24(18)32-5/h7,9-12,15,22H,6,8,13-14H2,1-5H3. The number of para-hydroxylation sites is 1. The first-order valence-electron chi connectivity index (χ1n) is 11.3. The molecule has 1 aliphatic heterocycles. The summed E-state index contributed by atoms with van der Waals surface area (Å²) in [5.41, 5.74) is 1.08. The minimum atomic E-state index is -0.651. The van der Waals surface area contributed by atoms with Crippen molar-refractivity contribution >= 4 is 16.9 Å². The van der Waals surface area contributed by atoms with Crippen LogP contribution in [0.15, 0.2) is 45.6 Å². The molecule has 0 bridgehead atoms. The van der Waals surface area contributed by atoms with Gasteiger partial charge in [0.05, 0.1) is 37.8 Å². The third-order valence-corrected chi connectivity index (χ3v) is 5.98. The molecule has 34 heavy (non-hydrogen) atoms. The van der Waals surface area contributed by atoms with Gasteiger partial charge in [-0.25, -0.2) is 0 Å². The molecular weight excluding hydrogens is 436 g/mol. The minimum Gasteiger partial charge on any atom is -0.494 e. The Morgan fingerprint density at radius 2 is 1.88 bits per heavy atom. The average molecular weight is 467 g/mol. The van der Waals surface area contributed by atoms with Crippen molar-refractivity contribution in [3.8, 4) is 17.2 Å². The summed E-state index contributed by atoms with van der Waals surface area (Å²) < 4.78 is 22.8. The van der Waals surface area contributed by atoms with Gasteiger partial charge in [-0.05, 0) is 52.2 Å². The van der Waals surface area contributed by atoms with Gasteiger partial charge in [0.1, 0.15) is 11.3 Å². The van der Waals surface area contributed by atoms with Crippen molar-refractivity contribution < 1.29 is 23.4 Å². The summed E-state index contributed by atoms with van der Waals surface area (Å²) in [5, 5.41) is 0.400. The lowest BCUT2D eigenvalue weighted by molar-refractivity contribution is 0.0720. The average Bonchev–Trinajstić information content (AvgIpc) is 3.10. The molecule has 180 valence electrons. The first-order chi connectivity index (χ1) is 16.4. The predicted octanol–water partition coefficient (Wildman–Crippen LogP) is 3.71. The number of fused-ring (bicyclic) bond motifs is 2. The van der Waals surface area contributed by atoms with Crippen molar-refractivity contribution in [3.63, 3.8) is 0 Å². The zero-order chi connectivity index (χ0) is 24.4. The zero-order valence-corrected chi connectivity index (χ0v) is 20.2. The minimum absolute atomic E-state index is 0.0610. The van der Waals surface area contributed by atoms with Gasteiger partial charge >= 0.3 is 0 Å². The molecule has 2 aromatic carbocycles. The van der Waals surface area contributed by atoms with Crippen molar-refractivity contribution in [1.82, 2.24) is 9.80 Å². The first-order valence-corrected chi connectivity index (χ1v) is 11.3. The molecule has 4 rings (SSSR count). The zero-order valence-electron chi connectivity index (χ0n) is 20.2. The molecule has 3 aromatic rings. The Bertz CT molecular complexity index is 1270. The van der Waals surface area contributed by atoms with Gasteiger partial charge in [0.15, 0.2) is 16.9 Å². The first kappa shape index (κ1) is 23.6. The van der Waals surface area contributed by atoms with Gasteiger partial charge in [-0.2, -0.15) is 0 Å². The molecule has 0 saturated carbocycles. The van der Waals surface area contributed by atoms with E-state index in [1.165, 1.54) is 0 Å². The topological polar surface area (TPSA) is 81.5 Å². The van der Waals surface area contributed by atoms with Crippen molar-refractivity contribution in [2.24, 2.45) is 0 Å². The molecule has 1 amide bonds. The van der Waals surface area contributed by atoms with Crippen LogP contribution in [0.2, 0.25) is 0 Å². The lowest BCUT2D eigenvalue weighted by Crippen LogP contribution is -2.32. The van der Waals surface area contributed by atoms with Crippen LogP contribution in [0.3, 0.4) is 0 Å². The number of carbonyl (C=O) groups excluding carboxylic acids is 1. The van der Waals surface area contributed by atoms with Crippen LogP contribution in [0.25, 0.3) is 11.0 Å². The van der Waals surface area contributed by atoms with Gasteiger partial charge < -0.3 is 28.4 Å². The maximum absolute atomic E-state index is 13.7. The quantitative estimate of drug-likeness (QED) is 0.476. The smallest absolute Gasteiger partial charge is 0.290 e. The Labute approximate surface area is 198 Å². The molecule has 0 fully saturated rings. The maximum atomic E-state index is 13.7. The van der Waals surface area contributed by atoms with Gasteiger partial charge in [-0.15, -0.1) is 0 Å². The van der Waals surface area contributed by atoms with E-state index in [9.17, 15) is 9.59 Å². The van der Waals surface area contributed by atoms with Crippen molar-refractivity contribution in [3.05, 3.63) is 63.5 Å². The second kappa shape index (κ2) is 9.77. The number of hydrogen-bond acceptors (Lipinski definition) is 7. The third kappa shape index (κ3) is 4.09. The fourth-order valence-electron chi connectivity index (χ4n) is 4.49. The fraction of sp³-hybridized carbons (Fsp3) is 0.385. The molecule has 0 saturated heterocycles. The second-order valence-electron chi connectivity index (χ2n) is 8.41. The Morgan fingerprint density at radius 3 is 2.56 bits per heavy atom. The molecule has 1 aromatic heterocycles. The van der Waals surface area contributed by atoms with E-state index < -0.39 is 6.04 Å². The van der Waals surface area contributed by atoms with Gasteiger partial charge in [0.2, 0.25) is 5.76 Å².